The van der Waals surface area contributed by atoms with Crippen LogP contribution in [0.5, 0.6) is 5.88 Å². The highest BCUT2D eigenvalue weighted by atomic mass is 35.5. The molecule has 3 aromatic carbocycles. The van der Waals surface area contributed by atoms with Crippen LogP contribution < -0.4 is 10.5 Å². The van der Waals surface area contributed by atoms with E-state index < -0.39 is 24.3 Å². The number of para-hydroxylation sites is 1. The van der Waals surface area contributed by atoms with Crippen LogP contribution in [-0.2, 0) is 11.2 Å². The van der Waals surface area contributed by atoms with Gasteiger partial charge in [-0.15, -0.1) is 23.7 Å². The zero-order chi connectivity index (χ0) is 30.3. The normalized spacial score (nSPS) is 13.0. The van der Waals surface area contributed by atoms with E-state index in [1.54, 1.807) is 53.9 Å². The zero-order valence-electron chi connectivity index (χ0n) is 22.4. The molecule has 0 aliphatic rings. The Labute approximate surface area is 263 Å². The lowest BCUT2D eigenvalue weighted by Crippen LogP contribution is -2.32. The van der Waals surface area contributed by atoms with Crippen LogP contribution in [0.25, 0.3) is 43.4 Å². The molecule has 0 spiro atoms. The second kappa shape index (κ2) is 12.4. The summed E-state index contributed by atoms with van der Waals surface area (Å²) in [6, 6.07) is 17.2. The maximum absolute atomic E-state index is 14.7. The Kier molecular flexibility index (Phi) is 8.85. The first-order valence-corrected chi connectivity index (χ1v) is 14.1. The molecule has 3 aromatic heterocycles. The van der Waals surface area contributed by atoms with Crippen LogP contribution in [0.4, 0.5) is 13.2 Å². The van der Waals surface area contributed by atoms with E-state index in [1.165, 1.54) is 24.5 Å². The summed E-state index contributed by atoms with van der Waals surface area (Å²) in [5.41, 5.74) is 9.23. The topological polar surface area (TPSA) is 111 Å². The van der Waals surface area contributed by atoms with E-state index >= 15 is 0 Å². The van der Waals surface area contributed by atoms with Crippen molar-refractivity contribution in [2.45, 2.75) is 24.7 Å². The number of furan rings is 1. The van der Waals surface area contributed by atoms with E-state index in [0.29, 0.717) is 32.3 Å². The molecule has 0 radical (unpaired) electrons. The summed E-state index contributed by atoms with van der Waals surface area (Å²) >= 11 is 7.40. The van der Waals surface area contributed by atoms with Crippen molar-refractivity contribution in [2.24, 2.45) is 5.73 Å². The van der Waals surface area contributed by atoms with Crippen molar-refractivity contribution < 1.29 is 32.2 Å². The SMILES string of the molecule is Cl.NC(Cc1ccc(-c2csc3c(O[C@H](c4ccc(Cl)cc4-c4coc5ccccc45)C(F)(F)F)ncnc23)cc1)C(=O)O. The Morgan fingerprint density at radius 1 is 1.05 bits per heavy atom. The van der Waals surface area contributed by atoms with Gasteiger partial charge in [0, 0.05) is 32.5 Å². The van der Waals surface area contributed by atoms with Crippen molar-refractivity contribution in [3.63, 3.8) is 0 Å². The molecule has 226 valence electrons. The Morgan fingerprint density at radius 3 is 2.52 bits per heavy atom. The number of ether oxygens (including phenoxy) is 1. The number of carbonyl (C=O) groups is 1. The molecule has 0 aliphatic heterocycles. The fourth-order valence-electron chi connectivity index (χ4n) is 4.87. The van der Waals surface area contributed by atoms with Gasteiger partial charge in [-0.1, -0.05) is 60.1 Å². The smallest absolute Gasteiger partial charge is 0.429 e. The van der Waals surface area contributed by atoms with Crippen LogP contribution in [-0.4, -0.2) is 33.3 Å². The van der Waals surface area contributed by atoms with E-state index in [9.17, 15) is 18.0 Å². The minimum atomic E-state index is -4.81. The molecule has 0 saturated heterocycles. The Hall–Kier alpha value is -4.16. The molecule has 6 aromatic rings. The van der Waals surface area contributed by atoms with E-state index in [-0.39, 0.29) is 40.9 Å². The number of halogens is 5. The summed E-state index contributed by atoms with van der Waals surface area (Å²) in [6.07, 6.45) is -4.47. The first-order valence-electron chi connectivity index (χ1n) is 12.9. The predicted octanol–water partition coefficient (Wildman–Crippen LogP) is 8.48. The summed E-state index contributed by atoms with van der Waals surface area (Å²) < 4.78 is 55.8. The number of nitrogens with two attached hydrogens (primary N) is 1. The number of thiophene rings is 1. The number of nitrogens with zero attached hydrogens (tertiary/aromatic N) is 2. The number of benzene rings is 3. The van der Waals surface area contributed by atoms with Gasteiger partial charge in [0.15, 0.2) is 0 Å². The molecule has 6 rings (SSSR count). The molecular weight excluding hydrogens is 638 g/mol. The number of carboxylic acid groups (broad SMARTS) is 1. The molecule has 0 fully saturated rings. The molecule has 0 bridgehead atoms. The van der Waals surface area contributed by atoms with Crippen molar-refractivity contribution in [3.8, 4) is 28.1 Å². The fourth-order valence-corrected chi connectivity index (χ4v) is 6.01. The number of fused-ring (bicyclic) bond motifs is 2. The van der Waals surface area contributed by atoms with Gasteiger partial charge in [0.2, 0.25) is 12.0 Å². The molecule has 1 unspecified atom stereocenters. The molecule has 7 nitrogen and oxygen atoms in total. The van der Waals surface area contributed by atoms with Gasteiger partial charge in [-0.25, -0.2) is 9.97 Å². The number of hydrogen-bond acceptors (Lipinski definition) is 7. The molecule has 3 heterocycles. The van der Waals surface area contributed by atoms with Gasteiger partial charge in [-0.05, 0) is 41.3 Å². The summed E-state index contributed by atoms with van der Waals surface area (Å²) in [6.45, 7) is 0. The van der Waals surface area contributed by atoms with E-state index in [0.717, 1.165) is 28.8 Å². The number of aliphatic carboxylic acids is 1. The van der Waals surface area contributed by atoms with Crippen LogP contribution in [0.2, 0.25) is 5.02 Å². The number of aromatic nitrogens is 2. The quantitative estimate of drug-likeness (QED) is 0.168. The molecule has 0 aliphatic carbocycles. The molecule has 44 heavy (non-hydrogen) atoms. The number of alkyl halides is 3. The molecule has 0 saturated carbocycles. The van der Waals surface area contributed by atoms with Crippen LogP contribution in [0, 0.1) is 0 Å². The van der Waals surface area contributed by atoms with Gasteiger partial charge in [0.1, 0.15) is 22.7 Å². The maximum Gasteiger partial charge on any atom is 0.429 e. The Morgan fingerprint density at radius 2 is 1.80 bits per heavy atom. The summed E-state index contributed by atoms with van der Waals surface area (Å²) in [4.78, 5) is 19.5. The lowest BCUT2D eigenvalue weighted by molar-refractivity contribution is -0.198. The van der Waals surface area contributed by atoms with Crippen molar-refractivity contribution >= 4 is 62.5 Å². The first kappa shape index (κ1) is 31.3. The zero-order valence-corrected chi connectivity index (χ0v) is 24.8. The number of hydrogen-bond donors (Lipinski definition) is 2. The van der Waals surface area contributed by atoms with E-state index in [4.69, 9.17) is 31.6 Å². The van der Waals surface area contributed by atoms with Gasteiger partial charge in [-0.3, -0.25) is 4.79 Å². The second-order valence-electron chi connectivity index (χ2n) is 9.77. The van der Waals surface area contributed by atoms with E-state index in [1.807, 2.05) is 0 Å². The standard InChI is InChI=1S/C31H21ClF3N3O4S.ClH/c32-18-9-10-20(21(12-18)22-13-41-25-4-2-1-3-19(22)25)28(31(33,34)35)42-29-27-26(37-15-38-29)23(14-43-27)17-7-5-16(6-8-17)11-24(36)30(39)40;/h1-10,12-15,24,28H,11,36H2,(H,39,40);1H/t24?,28-;/m1./s1. The largest absolute Gasteiger partial charge is 0.480 e. The van der Waals surface area contributed by atoms with Crippen LogP contribution in [0.1, 0.15) is 17.2 Å². The van der Waals surface area contributed by atoms with Gasteiger partial charge >= 0.3 is 12.1 Å². The van der Waals surface area contributed by atoms with Gasteiger partial charge < -0.3 is 20.0 Å². The summed E-state index contributed by atoms with van der Waals surface area (Å²) in [7, 11) is 0. The average molecular weight is 661 g/mol. The monoisotopic (exact) mass is 659 g/mol. The van der Waals surface area contributed by atoms with Crippen LogP contribution >= 0.6 is 35.3 Å². The minimum absolute atomic E-state index is 0. The lowest BCUT2D eigenvalue weighted by atomic mass is 9.95. The molecule has 2 atom stereocenters. The third-order valence-electron chi connectivity index (χ3n) is 6.95. The fraction of sp³-hybridized carbons (Fsp3) is 0.129. The number of rotatable bonds is 8. The Bertz CT molecular complexity index is 1960. The highest BCUT2D eigenvalue weighted by Crippen LogP contribution is 2.45. The minimum Gasteiger partial charge on any atom is -0.480 e. The summed E-state index contributed by atoms with van der Waals surface area (Å²) in [5.74, 6) is -1.32. The maximum atomic E-state index is 14.7. The molecular formula is C31H22Cl2F3N3O4S. The van der Waals surface area contributed by atoms with Crippen molar-refractivity contribution in [3.05, 3.63) is 101 Å². The van der Waals surface area contributed by atoms with Crippen LogP contribution in [0.3, 0.4) is 0 Å². The lowest BCUT2D eigenvalue weighted by Gasteiger charge is -2.24. The van der Waals surface area contributed by atoms with Crippen LogP contribution in [0.15, 0.2) is 89.1 Å². The highest BCUT2D eigenvalue weighted by Gasteiger charge is 2.45. The Balaban J connectivity index is 0.00000384. The van der Waals surface area contributed by atoms with Gasteiger partial charge in [0.05, 0.1) is 11.8 Å². The third kappa shape index (κ3) is 6.09. The van der Waals surface area contributed by atoms with Crippen molar-refractivity contribution in [2.75, 3.05) is 0 Å². The summed E-state index contributed by atoms with van der Waals surface area (Å²) in [5, 5.41) is 11.7. The van der Waals surface area contributed by atoms with Gasteiger partial charge in [0.25, 0.3) is 0 Å². The van der Waals surface area contributed by atoms with Crippen molar-refractivity contribution in [1.82, 2.24) is 9.97 Å². The molecule has 13 heteroatoms. The average Bonchev–Trinajstić information content (AvgIpc) is 3.61. The predicted molar refractivity (Wildman–Crippen MR) is 165 cm³/mol. The van der Waals surface area contributed by atoms with E-state index in [2.05, 4.69) is 9.97 Å². The number of carboxylic acids is 1. The second-order valence-corrected chi connectivity index (χ2v) is 11.1. The van der Waals surface area contributed by atoms with Gasteiger partial charge in [-0.2, -0.15) is 13.2 Å². The first-order chi connectivity index (χ1) is 20.6. The highest BCUT2D eigenvalue weighted by molar-refractivity contribution is 7.18. The molecule has 0 amide bonds. The third-order valence-corrected chi connectivity index (χ3v) is 8.15. The molecule has 3 N–H and O–H groups in total. The van der Waals surface area contributed by atoms with Crippen molar-refractivity contribution in [1.29, 1.82) is 0 Å².